The van der Waals surface area contributed by atoms with Gasteiger partial charge in [-0.25, -0.2) is 4.79 Å². The van der Waals surface area contributed by atoms with Gasteiger partial charge in [-0.2, -0.15) is 0 Å². The highest BCUT2D eigenvalue weighted by atomic mass is 35.5. The molecule has 0 aliphatic carbocycles. The predicted molar refractivity (Wildman–Crippen MR) is 97.6 cm³/mol. The number of nitrogens with zero attached hydrogens (tertiary/aromatic N) is 2. The molecule has 2 amide bonds. The van der Waals surface area contributed by atoms with E-state index in [1.54, 1.807) is 12.1 Å². The van der Waals surface area contributed by atoms with Crippen LogP contribution in [-0.2, 0) is 0 Å². The van der Waals surface area contributed by atoms with Gasteiger partial charge in [0.05, 0.1) is 0 Å². The van der Waals surface area contributed by atoms with Crippen molar-refractivity contribution in [3.8, 4) is 0 Å². The van der Waals surface area contributed by atoms with E-state index in [9.17, 15) is 4.79 Å². The van der Waals surface area contributed by atoms with Crippen molar-refractivity contribution in [3.05, 3.63) is 53.8 Å². The van der Waals surface area contributed by atoms with E-state index in [4.69, 9.17) is 11.6 Å². The van der Waals surface area contributed by atoms with Crippen molar-refractivity contribution < 1.29 is 4.79 Å². The highest BCUT2D eigenvalue weighted by molar-refractivity contribution is 6.30. The Morgan fingerprint density at radius 2 is 1.96 bits per heavy atom. The molecule has 0 radical (unpaired) electrons. The van der Waals surface area contributed by atoms with Crippen LogP contribution in [0.5, 0.6) is 0 Å². The second kappa shape index (κ2) is 8.02. The molecule has 2 heterocycles. The number of hydrogen-bond acceptors (Lipinski definition) is 3. The fourth-order valence-corrected chi connectivity index (χ4v) is 3.12. The average molecular weight is 345 g/mol. The minimum atomic E-state index is -0.186. The number of nitrogens with one attached hydrogen (secondary N) is 2. The SMILES string of the molecule is O=C(NCC1CCN(c2ccncc2)CC1)Nc1cccc(Cl)c1. The summed E-state index contributed by atoms with van der Waals surface area (Å²) in [6.45, 7) is 2.70. The second-order valence-electron chi connectivity index (χ2n) is 5.98. The van der Waals surface area contributed by atoms with Crippen LogP contribution in [0, 0.1) is 5.92 Å². The number of piperidine rings is 1. The van der Waals surface area contributed by atoms with Crippen LogP contribution < -0.4 is 15.5 Å². The first-order valence-corrected chi connectivity index (χ1v) is 8.54. The van der Waals surface area contributed by atoms with Gasteiger partial charge in [0.2, 0.25) is 0 Å². The van der Waals surface area contributed by atoms with E-state index in [-0.39, 0.29) is 6.03 Å². The van der Waals surface area contributed by atoms with Gasteiger partial charge >= 0.3 is 6.03 Å². The first kappa shape index (κ1) is 16.6. The zero-order valence-electron chi connectivity index (χ0n) is 13.4. The van der Waals surface area contributed by atoms with Crippen molar-refractivity contribution in [2.75, 3.05) is 29.9 Å². The molecule has 0 saturated carbocycles. The number of rotatable bonds is 4. The molecule has 5 nitrogen and oxygen atoms in total. The Morgan fingerprint density at radius 1 is 1.21 bits per heavy atom. The molecule has 1 saturated heterocycles. The van der Waals surface area contributed by atoms with E-state index in [0.717, 1.165) is 25.9 Å². The van der Waals surface area contributed by atoms with Crippen molar-refractivity contribution in [1.82, 2.24) is 10.3 Å². The lowest BCUT2D eigenvalue weighted by Crippen LogP contribution is -2.39. The minimum absolute atomic E-state index is 0.186. The van der Waals surface area contributed by atoms with Crippen LogP contribution in [0.2, 0.25) is 5.02 Å². The molecule has 0 spiro atoms. The van der Waals surface area contributed by atoms with Crippen molar-refractivity contribution in [2.45, 2.75) is 12.8 Å². The Bertz CT molecular complexity index is 672. The molecule has 1 fully saturated rings. The van der Waals surface area contributed by atoms with Crippen LogP contribution in [0.1, 0.15) is 12.8 Å². The summed E-state index contributed by atoms with van der Waals surface area (Å²) in [5.74, 6) is 0.508. The topological polar surface area (TPSA) is 57.3 Å². The molecule has 3 rings (SSSR count). The first-order valence-electron chi connectivity index (χ1n) is 8.16. The van der Waals surface area contributed by atoms with E-state index in [2.05, 4.69) is 20.5 Å². The van der Waals surface area contributed by atoms with Gasteiger partial charge in [-0.1, -0.05) is 17.7 Å². The van der Waals surface area contributed by atoms with Gasteiger partial charge in [-0.05, 0) is 49.1 Å². The molecule has 2 N–H and O–H groups in total. The largest absolute Gasteiger partial charge is 0.371 e. The average Bonchev–Trinajstić information content (AvgIpc) is 2.61. The van der Waals surface area contributed by atoms with Crippen molar-refractivity contribution >= 4 is 29.0 Å². The standard InChI is InChI=1S/C18H21ClN4O/c19-15-2-1-3-16(12-15)22-18(24)21-13-14-6-10-23(11-7-14)17-4-8-20-9-5-17/h1-5,8-9,12,14H,6-7,10-11,13H2,(H2,21,22,24). The normalized spacial score (nSPS) is 15.1. The third kappa shape index (κ3) is 4.61. The lowest BCUT2D eigenvalue weighted by molar-refractivity contribution is 0.248. The molecule has 24 heavy (non-hydrogen) atoms. The van der Waals surface area contributed by atoms with Crippen LogP contribution >= 0.6 is 11.6 Å². The van der Waals surface area contributed by atoms with Crippen LogP contribution in [0.4, 0.5) is 16.2 Å². The minimum Gasteiger partial charge on any atom is -0.371 e. The number of amides is 2. The quantitative estimate of drug-likeness (QED) is 0.887. The summed E-state index contributed by atoms with van der Waals surface area (Å²) in [4.78, 5) is 18.4. The number of urea groups is 1. The van der Waals surface area contributed by atoms with Gasteiger partial charge in [-0.15, -0.1) is 0 Å². The van der Waals surface area contributed by atoms with Crippen LogP contribution in [0.15, 0.2) is 48.8 Å². The lowest BCUT2D eigenvalue weighted by atomic mass is 9.96. The van der Waals surface area contributed by atoms with Crippen LogP contribution in [-0.4, -0.2) is 30.6 Å². The molecule has 1 aliphatic heterocycles. The van der Waals surface area contributed by atoms with Crippen LogP contribution in [0.3, 0.4) is 0 Å². The molecule has 1 aromatic carbocycles. The third-order valence-corrected chi connectivity index (χ3v) is 4.51. The highest BCUT2D eigenvalue weighted by Crippen LogP contribution is 2.22. The molecule has 0 atom stereocenters. The fourth-order valence-electron chi connectivity index (χ4n) is 2.93. The van der Waals surface area contributed by atoms with Gasteiger partial charge in [-0.3, -0.25) is 4.98 Å². The van der Waals surface area contributed by atoms with Crippen molar-refractivity contribution in [3.63, 3.8) is 0 Å². The summed E-state index contributed by atoms with van der Waals surface area (Å²) >= 11 is 5.91. The van der Waals surface area contributed by atoms with E-state index in [0.29, 0.717) is 23.2 Å². The fraction of sp³-hybridized carbons (Fsp3) is 0.333. The van der Waals surface area contributed by atoms with Gasteiger partial charge in [0, 0.05) is 48.4 Å². The first-order chi connectivity index (χ1) is 11.7. The summed E-state index contributed by atoms with van der Waals surface area (Å²) in [5, 5.41) is 6.37. The number of pyridine rings is 1. The number of anilines is 2. The van der Waals surface area contributed by atoms with Crippen molar-refractivity contribution in [2.24, 2.45) is 5.92 Å². The van der Waals surface area contributed by atoms with E-state index >= 15 is 0 Å². The maximum absolute atomic E-state index is 12.0. The number of hydrogen-bond donors (Lipinski definition) is 2. The number of benzene rings is 1. The maximum atomic E-state index is 12.0. The number of carbonyl (C=O) groups excluding carboxylic acids is 1. The van der Waals surface area contributed by atoms with Crippen LogP contribution in [0.25, 0.3) is 0 Å². The molecular weight excluding hydrogens is 324 g/mol. The van der Waals surface area contributed by atoms with Gasteiger partial charge in [0.25, 0.3) is 0 Å². The summed E-state index contributed by atoms with van der Waals surface area (Å²) in [7, 11) is 0. The van der Waals surface area contributed by atoms with Gasteiger partial charge in [0.15, 0.2) is 0 Å². The Kier molecular flexibility index (Phi) is 5.54. The zero-order valence-corrected chi connectivity index (χ0v) is 14.2. The van der Waals surface area contributed by atoms with Gasteiger partial charge in [0.1, 0.15) is 0 Å². The van der Waals surface area contributed by atoms with Crippen molar-refractivity contribution in [1.29, 1.82) is 0 Å². The molecular formula is C18H21ClN4O. The van der Waals surface area contributed by atoms with E-state index in [1.807, 2.05) is 36.7 Å². The molecule has 0 unspecified atom stereocenters. The smallest absolute Gasteiger partial charge is 0.319 e. The molecule has 1 aliphatic rings. The second-order valence-corrected chi connectivity index (χ2v) is 6.42. The number of halogens is 1. The Balaban J connectivity index is 1.41. The highest BCUT2D eigenvalue weighted by Gasteiger charge is 2.19. The van der Waals surface area contributed by atoms with E-state index in [1.165, 1.54) is 5.69 Å². The summed E-state index contributed by atoms with van der Waals surface area (Å²) in [5.41, 5.74) is 1.92. The molecule has 1 aromatic heterocycles. The molecule has 0 bridgehead atoms. The van der Waals surface area contributed by atoms with Gasteiger partial charge < -0.3 is 15.5 Å². The third-order valence-electron chi connectivity index (χ3n) is 4.28. The predicted octanol–water partition coefficient (Wildman–Crippen LogP) is 3.77. The summed E-state index contributed by atoms with van der Waals surface area (Å²) < 4.78 is 0. The maximum Gasteiger partial charge on any atom is 0.319 e. The Labute approximate surface area is 147 Å². The zero-order chi connectivity index (χ0) is 16.8. The summed E-state index contributed by atoms with van der Waals surface area (Å²) in [6, 6.07) is 11.0. The Morgan fingerprint density at radius 3 is 2.67 bits per heavy atom. The van der Waals surface area contributed by atoms with E-state index < -0.39 is 0 Å². The lowest BCUT2D eigenvalue weighted by Gasteiger charge is -2.33. The molecule has 2 aromatic rings. The number of aromatic nitrogens is 1. The summed E-state index contributed by atoms with van der Waals surface area (Å²) in [6.07, 6.45) is 5.78. The Hall–Kier alpha value is -2.27. The monoisotopic (exact) mass is 344 g/mol. The number of carbonyl (C=O) groups is 1. The molecule has 126 valence electrons. The molecule has 6 heteroatoms.